The zero-order valence-corrected chi connectivity index (χ0v) is 11.3. The molecule has 0 aromatic carbocycles. The van der Waals surface area contributed by atoms with Crippen LogP contribution in [0, 0.1) is 0 Å². The zero-order valence-electron chi connectivity index (χ0n) is 11.3. The largest absolute Gasteiger partial charge is 0.391 e. The number of nitrogens with zero attached hydrogens (tertiary/aromatic N) is 2. The van der Waals surface area contributed by atoms with Gasteiger partial charge in [-0.15, -0.1) is 0 Å². The van der Waals surface area contributed by atoms with E-state index >= 15 is 0 Å². The highest BCUT2D eigenvalue weighted by Gasteiger charge is 2.31. The monoisotopic (exact) mass is 232 g/mol. The van der Waals surface area contributed by atoms with Gasteiger partial charge in [-0.05, 0) is 33.1 Å². The molecule has 0 amide bonds. The van der Waals surface area contributed by atoms with Crippen LogP contribution in [0.15, 0.2) is 0 Å². The van der Waals surface area contributed by atoms with Gasteiger partial charge in [-0.2, -0.15) is 0 Å². The highest BCUT2D eigenvalue weighted by molar-refractivity contribution is 4.81. The lowest BCUT2D eigenvalue weighted by Gasteiger charge is -2.41. The molecule has 16 heavy (non-hydrogen) atoms. The Morgan fingerprint density at radius 3 is 1.31 bits per heavy atom. The van der Waals surface area contributed by atoms with Crippen molar-refractivity contribution in [2.75, 3.05) is 26.2 Å². The second-order valence-electron chi connectivity index (χ2n) is 4.09. The molecule has 0 bridgehead atoms. The van der Waals surface area contributed by atoms with Crippen molar-refractivity contribution in [2.24, 2.45) is 0 Å². The third-order valence-electron chi connectivity index (χ3n) is 3.17. The first kappa shape index (κ1) is 15.8. The van der Waals surface area contributed by atoms with Gasteiger partial charge in [-0.1, -0.05) is 27.7 Å². The Hall–Kier alpha value is -0.160. The quantitative estimate of drug-likeness (QED) is 0.606. The number of hydrogen-bond acceptors (Lipinski definition) is 4. The van der Waals surface area contributed by atoms with E-state index in [0.717, 1.165) is 26.2 Å². The molecule has 0 rings (SSSR count). The Bertz CT molecular complexity index is 154. The average molecular weight is 232 g/mol. The smallest absolute Gasteiger partial charge is 0.108 e. The summed E-state index contributed by atoms with van der Waals surface area (Å²) in [4.78, 5) is 4.37. The summed E-state index contributed by atoms with van der Waals surface area (Å²) >= 11 is 0. The van der Waals surface area contributed by atoms with Crippen LogP contribution in [-0.4, -0.2) is 64.6 Å². The molecule has 0 fully saturated rings. The summed E-state index contributed by atoms with van der Waals surface area (Å²) in [6.07, 6.45) is -1.52. The fraction of sp³-hybridized carbons (Fsp3) is 1.00. The summed E-state index contributed by atoms with van der Waals surface area (Å²) in [5.41, 5.74) is 0. The maximum absolute atomic E-state index is 10.1. The van der Waals surface area contributed by atoms with Crippen molar-refractivity contribution in [3.8, 4) is 0 Å². The van der Waals surface area contributed by atoms with E-state index in [1.54, 1.807) is 6.92 Å². The molecule has 0 heterocycles. The van der Waals surface area contributed by atoms with Crippen molar-refractivity contribution in [3.63, 3.8) is 0 Å². The molecular weight excluding hydrogens is 204 g/mol. The second-order valence-corrected chi connectivity index (χ2v) is 4.09. The van der Waals surface area contributed by atoms with Crippen LogP contribution in [0.5, 0.6) is 0 Å². The summed E-state index contributed by atoms with van der Waals surface area (Å²) in [6.45, 7) is 13.5. The van der Waals surface area contributed by atoms with Crippen LogP contribution >= 0.6 is 0 Å². The molecule has 98 valence electrons. The van der Waals surface area contributed by atoms with Crippen LogP contribution < -0.4 is 0 Å². The topological polar surface area (TPSA) is 46.9 Å². The Morgan fingerprint density at radius 2 is 1.12 bits per heavy atom. The molecule has 4 heteroatoms. The third-order valence-corrected chi connectivity index (χ3v) is 3.17. The molecule has 2 N–H and O–H groups in total. The summed E-state index contributed by atoms with van der Waals surface area (Å²) in [6, 6.07) is 0. The fourth-order valence-corrected chi connectivity index (χ4v) is 2.11. The maximum Gasteiger partial charge on any atom is 0.108 e. The van der Waals surface area contributed by atoms with Crippen molar-refractivity contribution in [1.82, 2.24) is 9.80 Å². The molecule has 0 aromatic heterocycles. The normalized spacial score (nSPS) is 16.1. The van der Waals surface area contributed by atoms with Crippen LogP contribution in [0.1, 0.15) is 34.6 Å². The Kier molecular flexibility index (Phi) is 7.93. The fourth-order valence-electron chi connectivity index (χ4n) is 2.11. The zero-order chi connectivity index (χ0) is 12.7. The molecule has 0 aliphatic rings. The molecule has 0 saturated carbocycles. The molecule has 2 unspecified atom stereocenters. The van der Waals surface area contributed by atoms with E-state index in [1.165, 1.54) is 0 Å². The molecule has 0 spiro atoms. The van der Waals surface area contributed by atoms with Gasteiger partial charge < -0.3 is 10.2 Å². The number of aliphatic hydroxyl groups excluding tert-OH is 2. The molecule has 2 atom stereocenters. The van der Waals surface area contributed by atoms with Gasteiger partial charge in [0.05, 0.1) is 12.3 Å². The summed E-state index contributed by atoms with van der Waals surface area (Å²) in [7, 11) is 0. The molecule has 0 radical (unpaired) electrons. The van der Waals surface area contributed by atoms with Crippen LogP contribution in [0.2, 0.25) is 0 Å². The number of likely N-dealkylation sites (N-methyl/N-ethyl adjacent to an activating group) is 2. The first-order chi connectivity index (χ1) is 7.53. The summed E-state index contributed by atoms with van der Waals surface area (Å²) < 4.78 is 0. The third kappa shape index (κ3) is 4.01. The summed E-state index contributed by atoms with van der Waals surface area (Å²) in [5, 5.41) is 19.7. The Labute approximate surface area is 99.9 Å². The molecule has 0 aliphatic carbocycles. The first-order valence-electron chi connectivity index (χ1n) is 6.37. The molecule has 4 nitrogen and oxygen atoms in total. The van der Waals surface area contributed by atoms with Crippen molar-refractivity contribution >= 4 is 0 Å². The van der Waals surface area contributed by atoms with E-state index < -0.39 is 12.2 Å². The predicted molar refractivity (Wildman–Crippen MR) is 67.3 cm³/mol. The van der Waals surface area contributed by atoms with E-state index in [2.05, 4.69) is 37.5 Å². The van der Waals surface area contributed by atoms with Gasteiger partial charge in [0.1, 0.15) is 6.10 Å². The standard InChI is InChI=1S/C12H28N2O2/c1-6-13(7-2)12(11(16)10(5)15)14(8-3)9-4/h10-12,15-16H,6-9H2,1-5H3. The van der Waals surface area contributed by atoms with Crippen LogP contribution in [0.4, 0.5) is 0 Å². The van der Waals surface area contributed by atoms with E-state index in [0.29, 0.717) is 0 Å². The maximum atomic E-state index is 10.1. The highest BCUT2D eigenvalue weighted by atomic mass is 16.3. The van der Waals surface area contributed by atoms with Crippen LogP contribution in [0.3, 0.4) is 0 Å². The number of aliphatic hydroxyl groups is 2. The average Bonchev–Trinajstić information content (AvgIpc) is 2.28. The van der Waals surface area contributed by atoms with Gasteiger partial charge in [0.15, 0.2) is 0 Å². The molecular formula is C12H28N2O2. The number of rotatable bonds is 8. The lowest BCUT2D eigenvalue weighted by atomic mass is 10.1. The van der Waals surface area contributed by atoms with Crippen LogP contribution in [-0.2, 0) is 0 Å². The van der Waals surface area contributed by atoms with E-state index in [-0.39, 0.29) is 6.17 Å². The van der Waals surface area contributed by atoms with E-state index in [1.807, 2.05) is 0 Å². The predicted octanol–water partition coefficient (Wildman–Crippen LogP) is 0.738. The van der Waals surface area contributed by atoms with Crippen molar-refractivity contribution in [1.29, 1.82) is 0 Å². The minimum absolute atomic E-state index is 0.0926. The van der Waals surface area contributed by atoms with Gasteiger partial charge in [0.2, 0.25) is 0 Å². The van der Waals surface area contributed by atoms with Gasteiger partial charge in [-0.25, -0.2) is 0 Å². The lowest BCUT2D eigenvalue weighted by molar-refractivity contribution is -0.0878. The lowest BCUT2D eigenvalue weighted by Crippen LogP contribution is -2.57. The van der Waals surface area contributed by atoms with Gasteiger partial charge in [0.25, 0.3) is 0 Å². The minimum atomic E-state index is -0.722. The van der Waals surface area contributed by atoms with Crippen LogP contribution in [0.25, 0.3) is 0 Å². The van der Waals surface area contributed by atoms with Gasteiger partial charge >= 0.3 is 0 Å². The van der Waals surface area contributed by atoms with E-state index in [4.69, 9.17) is 0 Å². The van der Waals surface area contributed by atoms with E-state index in [9.17, 15) is 10.2 Å². The first-order valence-corrected chi connectivity index (χ1v) is 6.37. The highest BCUT2D eigenvalue weighted by Crippen LogP contribution is 2.13. The second kappa shape index (κ2) is 8.01. The molecule has 0 saturated heterocycles. The summed E-state index contributed by atoms with van der Waals surface area (Å²) in [5.74, 6) is 0. The Balaban J connectivity index is 4.85. The Morgan fingerprint density at radius 1 is 0.812 bits per heavy atom. The molecule has 0 aromatic rings. The minimum Gasteiger partial charge on any atom is -0.391 e. The number of hydrogen-bond donors (Lipinski definition) is 2. The van der Waals surface area contributed by atoms with Crippen molar-refractivity contribution in [2.45, 2.75) is 53.0 Å². The SMILES string of the molecule is CCN(CC)C(C(O)C(C)O)N(CC)CC. The van der Waals surface area contributed by atoms with Crippen molar-refractivity contribution in [3.05, 3.63) is 0 Å². The molecule has 0 aliphatic heterocycles. The van der Waals surface area contributed by atoms with Gasteiger partial charge in [0, 0.05) is 0 Å². The van der Waals surface area contributed by atoms with Crippen molar-refractivity contribution < 1.29 is 10.2 Å². The van der Waals surface area contributed by atoms with Gasteiger partial charge in [-0.3, -0.25) is 9.80 Å².